The molecular formula is C11H13N3S. The maximum absolute atomic E-state index is 4.58. The van der Waals surface area contributed by atoms with Crippen LogP contribution in [0.25, 0.3) is 11.0 Å². The molecule has 78 valence electrons. The first-order valence-electron chi connectivity index (χ1n) is 5.13. The molecule has 3 nitrogen and oxygen atoms in total. The molecule has 0 fully saturated rings. The van der Waals surface area contributed by atoms with Gasteiger partial charge in [-0.1, -0.05) is 0 Å². The Labute approximate surface area is 92.7 Å². The van der Waals surface area contributed by atoms with Crippen LogP contribution in [-0.4, -0.2) is 22.8 Å². The van der Waals surface area contributed by atoms with Gasteiger partial charge in [0.15, 0.2) is 0 Å². The molecule has 0 saturated carbocycles. The van der Waals surface area contributed by atoms with Crippen molar-refractivity contribution in [1.29, 1.82) is 0 Å². The Morgan fingerprint density at radius 3 is 3.20 bits per heavy atom. The molecule has 15 heavy (non-hydrogen) atoms. The number of hydrogen-bond acceptors (Lipinski definition) is 3. The number of thioether (sulfide) groups is 1. The molecule has 2 N–H and O–H groups in total. The summed E-state index contributed by atoms with van der Waals surface area (Å²) in [5.41, 5.74) is 3.79. The normalized spacial score (nSPS) is 15.5. The lowest BCUT2D eigenvalue weighted by Crippen LogP contribution is -2.22. The number of H-pyrrole nitrogens is 1. The summed E-state index contributed by atoms with van der Waals surface area (Å²) in [5.74, 6) is 0. The lowest BCUT2D eigenvalue weighted by atomic mass is 10.1. The van der Waals surface area contributed by atoms with Crippen LogP contribution in [0.2, 0.25) is 0 Å². The molecule has 0 spiro atoms. The van der Waals surface area contributed by atoms with E-state index in [-0.39, 0.29) is 0 Å². The molecule has 0 radical (unpaired) electrons. The van der Waals surface area contributed by atoms with Gasteiger partial charge in [-0.05, 0) is 24.0 Å². The van der Waals surface area contributed by atoms with E-state index < -0.39 is 0 Å². The highest BCUT2D eigenvalue weighted by atomic mass is 32.2. The van der Waals surface area contributed by atoms with E-state index in [9.17, 15) is 0 Å². The second-order valence-corrected chi connectivity index (χ2v) is 4.59. The van der Waals surface area contributed by atoms with Gasteiger partial charge in [0.05, 0.1) is 5.03 Å². The molecule has 0 unspecified atom stereocenters. The van der Waals surface area contributed by atoms with Gasteiger partial charge in [-0.2, -0.15) is 0 Å². The number of aromatic nitrogens is 2. The van der Waals surface area contributed by atoms with Crippen molar-refractivity contribution in [3.05, 3.63) is 23.4 Å². The van der Waals surface area contributed by atoms with Crippen LogP contribution in [0.4, 0.5) is 0 Å². The Bertz CT molecular complexity index is 504. The number of pyridine rings is 1. The summed E-state index contributed by atoms with van der Waals surface area (Å²) >= 11 is 1.68. The summed E-state index contributed by atoms with van der Waals surface area (Å²) < 4.78 is 0. The van der Waals surface area contributed by atoms with Gasteiger partial charge in [-0.3, -0.25) is 0 Å². The fraction of sp³-hybridized carbons (Fsp3) is 0.364. The average molecular weight is 219 g/mol. The van der Waals surface area contributed by atoms with E-state index in [1.54, 1.807) is 11.8 Å². The molecule has 3 heterocycles. The Hall–Kier alpha value is -1.00. The fourth-order valence-electron chi connectivity index (χ4n) is 2.12. The molecular weight excluding hydrogens is 206 g/mol. The smallest absolute Gasteiger partial charge is 0.139 e. The van der Waals surface area contributed by atoms with Crippen LogP contribution in [0, 0.1) is 0 Å². The first-order valence-corrected chi connectivity index (χ1v) is 6.36. The molecule has 0 atom stereocenters. The van der Waals surface area contributed by atoms with E-state index >= 15 is 0 Å². The molecule has 2 aromatic heterocycles. The highest BCUT2D eigenvalue weighted by molar-refractivity contribution is 7.98. The van der Waals surface area contributed by atoms with Crippen LogP contribution < -0.4 is 5.32 Å². The molecule has 0 aromatic carbocycles. The van der Waals surface area contributed by atoms with Gasteiger partial charge in [0.25, 0.3) is 0 Å². The summed E-state index contributed by atoms with van der Waals surface area (Å²) in [6, 6.07) is 4.27. The van der Waals surface area contributed by atoms with Crippen molar-refractivity contribution < 1.29 is 0 Å². The summed E-state index contributed by atoms with van der Waals surface area (Å²) in [6.07, 6.45) is 3.14. The topological polar surface area (TPSA) is 40.7 Å². The van der Waals surface area contributed by atoms with E-state index in [0.717, 1.165) is 30.2 Å². The summed E-state index contributed by atoms with van der Waals surface area (Å²) in [4.78, 5) is 8.00. The van der Waals surface area contributed by atoms with Gasteiger partial charge in [-0.15, -0.1) is 11.8 Å². The van der Waals surface area contributed by atoms with E-state index in [1.165, 1.54) is 16.6 Å². The van der Waals surface area contributed by atoms with Crippen molar-refractivity contribution in [1.82, 2.24) is 15.3 Å². The molecule has 1 aliphatic heterocycles. The van der Waals surface area contributed by atoms with Crippen molar-refractivity contribution in [3.63, 3.8) is 0 Å². The highest BCUT2D eigenvalue weighted by Gasteiger charge is 2.15. The van der Waals surface area contributed by atoms with Crippen LogP contribution in [0.1, 0.15) is 11.3 Å². The molecule has 0 saturated heterocycles. The predicted octanol–water partition coefficient (Wildman–Crippen LogP) is 1.93. The van der Waals surface area contributed by atoms with E-state index in [1.807, 2.05) is 0 Å². The van der Waals surface area contributed by atoms with Gasteiger partial charge in [0.1, 0.15) is 5.65 Å². The largest absolute Gasteiger partial charge is 0.343 e. The molecule has 3 rings (SSSR count). The summed E-state index contributed by atoms with van der Waals surface area (Å²) in [5, 5.41) is 5.75. The molecule has 1 aliphatic rings. The van der Waals surface area contributed by atoms with Gasteiger partial charge < -0.3 is 10.3 Å². The maximum Gasteiger partial charge on any atom is 0.139 e. The van der Waals surface area contributed by atoms with E-state index in [0.29, 0.717) is 0 Å². The molecule has 2 aromatic rings. The first kappa shape index (κ1) is 9.24. The lowest BCUT2D eigenvalue weighted by Gasteiger charge is -2.12. The van der Waals surface area contributed by atoms with Gasteiger partial charge >= 0.3 is 0 Å². The van der Waals surface area contributed by atoms with Crippen LogP contribution in [0.3, 0.4) is 0 Å². The number of aromatic amines is 1. The monoisotopic (exact) mass is 219 g/mol. The highest BCUT2D eigenvalue weighted by Crippen LogP contribution is 2.25. The zero-order valence-corrected chi connectivity index (χ0v) is 9.45. The van der Waals surface area contributed by atoms with Gasteiger partial charge in [0, 0.05) is 30.6 Å². The Kier molecular flexibility index (Phi) is 2.18. The lowest BCUT2D eigenvalue weighted by molar-refractivity contribution is 0.640. The van der Waals surface area contributed by atoms with Crippen molar-refractivity contribution in [2.24, 2.45) is 0 Å². The van der Waals surface area contributed by atoms with Crippen LogP contribution >= 0.6 is 11.8 Å². The predicted molar refractivity (Wildman–Crippen MR) is 63.3 cm³/mol. The summed E-state index contributed by atoms with van der Waals surface area (Å²) in [6.45, 7) is 2.03. The third-order valence-corrected chi connectivity index (χ3v) is 3.54. The number of rotatable bonds is 1. The average Bonchev–Trinajstić information content (AvgIpc) is 2.66. The van der Waals surface area contributed by atoms with Crippen LogP contribution in [-0.2, 0) is 13.0 Å². The summed E-state index contributed by atoms with van der Waals surface area (Å²) in [7, 11) is 0. The minimum Gasteiger partial charge on any atom is -0.343 e. The van der Waals surface area contributed by atoms with Crippen molar-refractivity contribution in [2.45, 2.75) is 18.0 Å². The zero-order chi connectivity index (χ0) is 10.3. The first-order chi connectivity index (χ1) is 7.38. The number of nitrogens with one attached hydrogen (secondary N) is 2. The molecule has 0 amide bonds. The minimum atomic E-state index is 0.968. The Balaban J connectivity index is 2.22. The molecule has 0 aliphatic carbocycles. The van der Waals surface area contributed by atoms with E-state index in [4.69, 9.17) is 0 Å². The minimum absolute atomic E-state index is 0.968. The van der Waals surface area contributed by atoms with Crippen LogP contribution in [0.5, 0.6) is 0 Å². The van der Waals surface area contributed by atoms with Crippen LogP contribution in [0.15, 0.2) is 17.2 Å². The quantitative estimate of drug-likeness (QED) is 0.720. The van der Waals surface area contributed by atoms with Crippen molar-refractivity contribution in [3.8, 4) is 0 Å². The number of hydrogen-bond donors (Lipinski definition) is 2. The standard InChI is InChI=1S/C11H13N3S/c1-15-10-3-2-7-8-6-12-5-4-9(8)13-11(7)14-10/h2-3,12H,4-6H2,1H3,(H,13,14). The van der Waals surface area contributed by atoms with Gasteiger partial charge in [0.2, 0.25) is 0 Å². The second kappa shape index (κ2) is 3.54. The third-order valence-electron chi connectivity index (χ3n) is 2.89. The SMILES string of the molecule is CSc1ccc2c3c([nH]c2n1)CCNC3. The Morgan fingerprint density at radius 2 is 2.33 bits per heavy atom. The number of nitrogens with zero attached hydrogens (tertiary/aromatic N) is 1. The fourth-order valence-corrected chi connectivity index (χ4v) is 2.50. The van der Waals surface area contributed by atoms with Gasteiger partial charge in [-0.25, -0.2) is 4.98 Å². The third kappa shape index (κ3) is 1.44. The van der Waals surface area contributed by atoms with E-state index in [2.05, 4.69) is 33.7 Å². The van der Waals surface area contributed by atoms with Crippen molar-refractivity contribution >= 4 is 22.8 Å². The Morgan fingerprint density at radius 1 is 1.40 bits per heavy atom. The molecule has 4 heteroatoms. The van der Waals surface area contributed by atoms with Crippen molar-refractivity contribution in [2.75, 3.05) is 12.8 Å². The zero-order valence-electron chi connectivity index (χ0n) is 8.63. The molecule has 0 bridgehead atoms. The maximum atomic E-state index is 4.58. The number of fused-ring (bicyclic) bond motifs is 3. The second-order valence-electron chi connectivity index (χ2n) is 3.76.